The van der Waals surface area contributed by atoms with Crippen molar-refractivity contribution >= 4 is 23.1 Å². The summed E-state index contributed by atoms with van der Waals surface area (Å²) in [6.07, 6.45) is 0.872. The Hall–Kier alpha value is -3.58. The number of Topliss-reactive ketones (excluding diaryl/α,β-unsaturated/α-hetero) is 1. The topological polar surface area (TPSA) is 82.3 Å². The summed E-state index contributed by atoms with van der Waals surface area (Å²) in [6, 6.07) is 18.1. The number of ketones is 1. The maximum absolute atomic E-state index is 12.3. The number of thiophene rings is 1. The first kappa shape index (κ1) is 20.7. The number of hydrogen-bond acceptors (Lipinski definition) is 7. The lowest BCUT2D eigenvalue weighted by molar-refractivity contribution is 0.0476. The quantitative estimate of drug-likeness (QED) is 0.288. The Morgan fingerprint density at radius 3 is 2.10 bits per heavy atom. The van der Waals surface area contributed by atoms with E-state index in [9.17, 15) is 9.59 Å². The highest BCUT2D eigenvalue weighted by Crippen LogP contribution is 2.24. The fraction of sp³-hybridized carbons (Fsp3) is 0.167. The monoisotopic (exact) mass is 432 g/mol. The predicted octanol–water partition coefficient (Wildman–Crippen LogP) is 5.38. The van der Waals surface area contributed by atoms with Gasteiger partial charge in [0, 0.05) is 16.0 Å². The van der Waals surface area contributed by atoms with Crippen LogP contribution in [0.5, 0.6) is 0 Å². The summed E-state index contributed by atoms with van der Waals surface area (Å²) in [4.78, 5) is 26.2. The van der Waals surface area contributed by atoms with Gasteiger partial charge in [0.05, 0.1) is 10.4 Å². The fourth-order valence-electron chi connectivity index (χ4n) is 2.90. The van der Waals surface area contributed by atoms with Crippen molar-refractivity contribution in [1.82, 2.24) is 10.2 Å². The summed E-state index contributed by atoms with van der Waals surface area (Å²) in [5.41, 5.74) is 3.01. The van der Waals surface area contributed by atoms with Gasteiger partial charge < -0.3 is 9.15 Å². The lowest BCUT2D eigenvalue weighted by Crippen LogP contribution is -2.13. The SMILES string of the molecule is CCc1ccc(C(=O)COC(=O)c2ccc(-c3nnc(-c4ccc(C)cc4)o3)cc2)s1. The van der Waals surface area contributed by atoms with Crippen molar-refractivity contribution in [1.29, 1.82) is 0 Å². The number of rotatable bonds is 7. The molecule has 0 N–H and O–H groups in total. The van der Waals surface area contributed by atoms with Crippen LogP contribution in [0.1, 0.15) is 37.4 Å². The molecule has 0 fully saturated rings. The number of benzene rings is 2. The summed E-state index contributed by atoms with van der Waals surface area (Å²) in [7, 11) is 0. The highest BCUT2D eigenvalue weighted by atomic mass is 32.1. The normalized spacial score (nSPS) is 10.8. The first-order valence-electron chi connectivity index (χ1n) is 9.83. The minimum atomic E-state index is -0.557. The molecule has 0 atom stereocenters. The number of hydrogen-bond donors (Lipinski definition) is 0. The van der Waals surface area contributed by atoms with Crippen LogP contribution in [0.3, 0.4) is 0 Å². The van der Waals surface area contributed by atoms with Crippen LogP contribution in [0.2, 0.25) is 0 Å². The molecule has 7 heteroatoms. The summed E-state index contributed by atoms with van der Waals surface area (Å²) in [6.45, 7) is 3.76. The fourth-order valence-corrected chi connectivity index (χ4v) is 3.78. The van der Waals surface area contributed by atoms with E-state index in [1.807, 2.05) is 44.2 Å². The Balaban J connectivity index is 1.39. The summed E-state index contributed by atoms with van der Waals surface area (Å²) in [5, 5.41) is 8.18. The smallest absolute Gasteiger partial charge is 0.338 e. The third-order valence-electron chi connectivity index (χ3n) is 4.71. The summed E-state index contributed by atoms with van der Waals surface area (Å²) >= 11 is 1.42. The Morgan fingerprint density at radius 2 is 1.52 bits per heavy atom. The van der Waals surface area contributed by atoms with Crippen molar-refractivity contribution < 1.29 is 18.7 Å². The van der Waals surface area contributed by atoms with Crippen LogP contribution in [-0.2, 0) is 11.2 Å². The summed E-state index contributed by atoms with van der Waals surface area (Å²) in [5.74, 6) is 0.0223. The molecule has 0 spiro atoms. The van der Waals surface area contributed by atoms with Gasteiger partial charge in [-0.15, -0.1) is 21.5 Å². The van der Waals surface area contributed by atoms with Gasteiger partial charge in [0.25, 0.3) is 0 Å². The second-order valence-corrected chi connectivity index (χ2v) is 8.14. The molecule has 6 nitrogen and oxygen atoms in total. The zero-order valence-electron chi connectivity index (χ0n) is 17.1. The number of carbonyl (C=O) groups is 2. The third kappa shape index (κ3) is 4.78. The van der Waals surface area contributed by atoms with E-state index >= 15 is 0 Å². The van der Waals surface area contributed by atoms with E-state index in [4.69, 9.17) is 9.15 Å². The molecule has 0 amide bonds. The van der Waals surface area contributed by atoms with Gasteiger partial charge in [-0.1, -0.05) is 24.6 Å². The lowest BCUT2D eigenvalue weighted by atomic mass is 10.1. The minimum absolute atomic E-state index is 0.204. The van der Waals surface area contributed by atoms with E-state index in [2.05, 4.69) is 10.2 Å². The van der Waals surface area contributed by atoms with Gasteiger partial charge in [0.2, 0.25) is 17.6 Å². The first-order valence-corrected chi connectivity index (χ1v) is 10.6. The van der Waals surface area contributed by atoms with E-state index < -0.39 is 5.97 Å². The Labute approximate surface area is 183 Å². The Bertz CT molecular complexity index is 1210. The molecule has 4 aromatic rings. The molecule has 2 heterocycles. The molecule has 0 aliphatic rings. The Kier molecular flexibility index (Phi) is 6.04. The van der Waals surface area contributed by atoms with Crippen LogP contribution in [0.25, 0.3) is 22.9 Å². The highest BCUT2D eigenvalue weighted by Gasteiger charge is 2.15. The molecular formula is C24H20N2O4S. The first-order chi connectivity index (χ1) is 15.0. The number of aryl methyl sites for hydroxylation is 2. The molecule has 2 aromatic heterocycles. The van der Waals surface area contributed by atoms with Gasteiger partial charge in [0.1, 0.15) is 0 Å². The van der Waals surface area contributed by atoms with Crippen molar-refractivity contribution in [3.05, 3.63) is 81.5 Å². The van der Waals surface area contributed by atoms with Crippen molar-refractivity contribution in [2.45, 2.75) is 20.3 Å². The molecule has 4 rings (SSSR count). The van der Waals surface area contributed by atoms with Crippen LogP contribution >= 0.6 is 11.3 Å². The lowest BCUT2D eigenvalue weighted by Gasteiger charge is -2.04. The number of aromatic nitrogens is 2. The Morgan fingerprint density at radius 1 is 0.903 bits per heavy atom. The number of carbonyl (C=O) groups excluding carboxylic acids is 2. The molecule has 0 radical (unpaired) electrons. The maximum atomic E-state index is 12.3. The van der Waals surface area contributed by atoms with Crippen LogP contribution in [0.15, 0.2) is 65.1 Å². The second kappa shape index (κ2) is 9.06. The molecule has 31 heavy (non-hydrogen) atoms. The van der Waals surface area contributed by atoms with Crippen molar-refractivity contribution in [3.8, 4) is 22.9 Å². The predicted molar refractivity (Wildman–Crippen MR) is 118 cm³/mol. The van der Waals surface area contributed by atoms with Gasteiger partial charge in [-0.2, -0.15) is 0 Å². The second-order valence-electron chi connectivity index (χ2n) is 6.97. The zero-order valence-corrected chi connectivity index (χ0v) is 17.9. The van der Waals surface area contributed by atoms with Crippen LogP contribution in [0, 0.1) is 6.92 Å². The molecule has 0 saturated heterocycles. The van der Waals surface area contributed by atoms with E-state index in [0.29, 0.717) is 27.8 Å². The number of ether oxygens (including phenoxy) is 1. The maximum Gasteiger partial charge on any atom is 0.338 e. The van der Waals surface area contributed by atoms with Crippen molar-refractivity contribution in [3.63, 3.8) is 0 Å². The standard InChI is InChI=1S/C24H20N2O4S/c1-3-19-12-13-21(31-19)20(27)14-29-24(28)18-10-8-17(9-11-18)23-26-25-22(30-23)16-6-4-15(2)5-7-16/h4-13H,3,14H2,1-2H3. The third-order valence-corrected chi connectivity index (χ3v) is 5.98. The molecule has 0 aliphatic heterocycles. The largest absolute Gasteiger partial charge is 0.454 e. The van der Waals surface area contributed by atoms with E-state index in [-0.39, 0.29) is 12.4 Å². The van der Waals surface area contributed by atoms with E-state index in [1.165, 1.54) is 11.3 Å². The van der Waals surface area contributed by atoms with E-state index in [1.54, 1.807) is 30.3 Å². The van der Waals surface area contributed by atoms with Gasteiger partial charge >= 0.3 is 5.97 Å². The van der Waals surface area contributed by atoms with Crippen molar-refractivity contribution in [2.24, 2.45) is 0 Å². The number of nitrogens with zero attached hydrogens (tertiary/aromatic N) is 2. The molecule has 0 unspecified atom stereocenters. The van der Waals surface area contributed by atoms with Crippen LogP contribution < -0.4 is 0 Å². The van der Waals surface area contributed by atoms with Crippen molar-refractivity contribution in [2.75, 3.05) is 6.61 Å². The average molecular weight is 433 g/mol. The van der Waals surface area contributed by atoms with Crippen LogP contribution in [-0.4, -0.2) is 28.6 Å². The molecule has 0 aliphatic carbocycles. The van der Waals surface area contributed by atoms with Gasteiger partial charge in [-0.3, -0.25) is 4.79 Å². The van der Waals surface area contributed by atoms with Gasteiger partial charge in [0.15, 0.2) is 6.61 Å². The molecule has 156 valence electrons. The average Bonchev–Trinajstić information content (AvgIpc) is 3.48. The zero-order chi connectivity index (χ0) is 21.8. The van der Waals surface area contributed by atoms with Gasteiger partial charge in [-0.05, 0) is 61.9 Å². The number of esters is 1. The van der Waals surface area contributed by atoms with Gasteiger partial charge in [-0.25, -0.2) is 4.79 Å². The molecule has 0 saturated carbocycles. The highest BCUT2D eigenvalue weighted by molar-refractivity contribution is 7.14. The molecular weight excluding hydrogens is 412 g/mol. The molecule has 2 aromatic carbocycles. The van der Waals surface area contributed by atoms with E-state index in [0.717, 1.165) is 22.4 Å². The summed E-state index contributed by atoms with van der Waals surface area (Å²) < 4.78 is 10.9. The van der Waals surface area contributed by atoms with Crippen LogP contribution in [0.4, 0.5) is 0 Å². The molecule has 0 bridgehead atoms. The minimum Gasteiger partial charge on any atom is -0.454 e.